The van der Waals surface area contributed by atoms with Crippen molar-refractivity contribution < 1.29 is 18.0 Å². The van der Waals surface area contributed by atoms with Gasteiger partial charge in [-0.3, -0.25) is 14.6 Å². The van der Waals surface area contributed by atoms with Crippen LogP contribution in [0.5, 0.6) is 0 Å². The number of aliphatic imine (C=N–C) groups is 1. The first-order valence-corrected chi connectivity index (χ1v) is 12.8. The van der Waals surface area contributed by atoms with Crippen LogP contribution in [0.1, 0.15) is 18.4 Å². The van der Waals surface area contributed by atoms with Gasteiger partial charge >= 0.3 is 0 Å². The van der Waals surface area contributed by atoms with Crippen LogP contribution in [-0.2, 0) is 26.0 Å². The van der Waals surface area contributed by atoms with E-state index in [9.17, 15) is 18.0 Å². The molecule has 0 saturated heterocycles. The van der Waals surface area contributed by atoms with E-state index < -0.39 is 33.9 Å². The normalized spacial score (nSPS) is 13.0. The van der Waals surface area contributed by atoms with Crippen molar-refractivity contribution in [1.29, 1.82) is 0 Å². The van der Waals surface area contributed by atoms with Gasteiger partial charge in [0.1, 0.15) is 12.1 Å². The highest BCUT2D eigenvalue weighted by Crippen LogP contribution is 2.19. The van der Waals surface area contributed by atoms with Crippen molar-refractivity contribution in [1.82, 2.24) is 10.0 Å². The van der Waals surface area contributed by atoms with Crippen molar-refractivity contribution in [3.05, 3.63) is 78.4 Å². The minimum atomic E-state index is -4.08. The van der Waals surface area contributed by atoms with Crippen molar-refractivity contribution in [2.45, 2.75) is 36.2 Å². The quantitative estimate of drug-likeness (QED) is 0.136. The Morgan fingerprint density at radius 1 is 0.861 bits per heavy atom. The second-order valence-corrected chi connectivity index (χ2v) is 10.00. The summed E-state index contributed by atoms with van der Waals surface area (Å²) in [7, 11) is -4.08. The van der Waals surface area contributed by atoms with Gasteiger partial charge in [-0.25, -0.2) is 8.42 Å². The first kappa shape index (κ1) is 26.6. The van der Waals surface area contributed by atoms with Crippen LogP contribution in [0.4, 0.5) is 0 Å². The smallest absolute Gasteiger partial charge is 0.241 e. The predicted octanol–water partition coefficient (Wildman–Crippen LogP) is 0.753. The van der Waals surface area contributed by atoms with Crippen molar-refractivity contribution in [2.24, 2.45) is 22.2 Å². The van der Waals surface area contributed by atoms with E-state index in [0.717, 1.165) is 16.3 Å². The summed E-state index contributed by atoms with van der Waals surface area (Å²) < 4.78 is 28.9. The number of rotatable bonds is 12. The summed E-state index contributed by atoms with van der Waals surface area (Å²) in [5.74, 6) is -1.52. The SMILES string of the molecule is NC(=O)C(Cc1ccccc1)NC(=O)C(CCCN=C(N)N)NS(=O)(=O)c1ccc2ccccc2c1. The number of nitrogens with two attached hydrogens (primary N) is 3. The van der Waals surface area contributed by atoms with Gasteiger partial charge in [0.15, 0.2) is 5.96 Å². The zero-order valence-electron chi connectivity index (χ0n) is 19.6. The first-order chi connectivity index (χ1) is 17.2. The Morgan fingerprint density at radius 3 is 2.19 bits per heavy atom. The number of amides is 2. The summed E-state index contributed by atoms with van der Waals surface area (Å²) in [6, 6.07) is 18.9. The fourth-order valence-electron chi connectivity index (χ4n) is 3.68. The largest absolute Gasteiger partial charge is 0.370 e. The number of sulfonamides is 1. The van der Waals surface area contributed by atoms with Crippen molar-refractivity contribution in [2.75, 3.05) is 6.54 Å². The molecule has 2 amide bonds. The molecule has 0 aliphatic heterocycles. The highest BCUT2D eigenvalue weighted by Gasteiger charge is 2.28. The van der Waals surface area contributed by atoms with E-state index >= 15 is 0 Å². The minimum Gasteiger partial charge on any atom is -0.370 e. The molecule has 0 aromatic heterocycles. The van der Waals surface area contributed by atoms with Gasteiger partial charge in [0.2, 0.25) is 21.8 Å². The fourth-order valence-corrected chi connectivity index (χ4v) is 4.95. The average Bonchev–Trinajstić information content (AvgIpc) is 2.85. The number of carbonyl (C=O) groups is 2. The molecule has 0 aliphatic carbocycles. The van der Waals surface area contributed by atoms with E-state index in [1.165, 1.54) is 12.1 Å². The van der Waals surface area contributed by atoms with E-state index in [1.807, 2.05) is 24.3 Å². The highest BCUT2D eigenvalue weighted by atomic mass is 32.2. The standard InChI is InChI=1S/C25H30N6O4S/c26-23(32)22(15-17-7-2-1-3-8-17)30-24(33)21(11-6-14-29-25(27)28)31-36(34,35)20-13-12-18-9-4-5-10-19(18)16-20/h1-5,7-10,12-13,16,21-22,31H,6,11,14-15H2,(H2,26,32)(H,30,33)(H4,27,28,29). The number of benzene rings is 3. The van der Waals surface area contributed by atoms with Crippen LogP contribution in [0.2, 0.25) is 0 Å². The summed E-state index contributed by atoms with van der Waals surface area (Å²) in [6.45, 7) is 0.201. The topological polar surface area (TPSA) is 183 Å². The zero-order chi connectivity index (χ0) is 26.1. The molecule has 10 nitrogen and oxygen atoms in total. The second-order valence-electron chi connectivity index (χ2n) is 8.28. The van der Waals surface area contributed by atoms with Crippen molar-refractivity contribution in [3.8, 4) is 0 Å². The molecule has 0 bridgehead atoms. The maximum absolute atomic E-state index is 13.2. The molecule has 3 rings (SSSR count). The number of guanidine groups is 1. The summed E-state index contributed by atoms with van der Waals surface area (Å²) in [6.07, 6.45) is 0.572. The molecule has 3 aromatic rings. The molecular weight excluding hydrogens is 480 g/mol. The number of nitrogens with one attached hydrogen (secondary N) is 2. The Balaban J connectivity index is 1.81. The Morgan fingerprint density at radius 2 is 1.53 bits per heavy atom. The molecule has 0 heterocycles. The van der Waals surface area contributed by atoms with E-state index in [2.05, 4.69) is 15.0 Å². The number of hydrogen-bond donors (Lipinski definition) is 5. The molecule has 36 heavy (non-hydrogen) atoms. The van der Waals surface area contributed by atoms with E-state index in [0.29, 0.717) is 6.42 Å². The third kappa shape index (κ3) is 7.52. The molecule has 11 heteroatoms. The molecule has 2 atom stereocenters. The van der Waals surface area contributed by atoms with Gasteiger partial charge in [0.05, 0.1) is 4.90 Å². The van der Waals surface area contributed by atoms with Crippen LogP contribution >= 0.6 is 0 Å². The van der Waals surface area contributed by atoms with E-state index in [-0.39, 0.29) is 30.2 Å². The van der Waals surface area contributed by atoms with Crippen LogP contribution in [0, 0.1) is 0 Å². The summed E-state index contributed by atoms with van der Waals surface area (Å²) in [5, 5.41) is 4.22. The fraction of sp³-hybridized carbons (Fsp3) is 0.240. The monoisotopic (exact) mass is 510 g/mol. The number of primary amides is 1. The number of fused-ring (bicyclic) bond motifs is 1. The van der Waals surface area contributed by atoms with Crippen molar-refractivity contribution in [3.63, 3.8) is 0 Å². The number of nitrogens with zero attached hydrogens (tertiary/aromatic N) is 1. The van der Waals surface area contributed by atoms with E-state index in [4.69, 9.17) is 17.2 Å². The maximum Gasteiger partial charge on any atom is 0.241 e. The lowest BCUT2D eigenvalue weighted by atomic mass is 10.0. The van der Waals surface area contributed by atoms with Gasteiger partial charge in [-0.2, -0.15) is 4.72 Å². The second kappa shape index (κ2) is 12.1. The molecule has 3 aromatic carbocycles. The lowest BCUT2D eigenvalue weighted by molar-refractivity contribution is -0.128. The van der Waals surface area contributed by atoms with Crippen LogP contribution in [0.3, 0.4) is 0 Å². The van der Waals surface area contributed by atoms with Gasteiger partial charge in [0.25, 0.3) is 0 Å². The van der Waals surface area contributed by atoms with Crippen LogP contribution in [-0.4, -0.2) is 44.8 Å². The van der Waals surface area contributed by atoms with Gasteiger partial charge in [-0.15, -0.1) is 0 Å². The summed E-state index contributed by atoms with van der Waals surface area (Å²) in [5.41, 5.74) is 17.0. The molecule has 2 unspecified atom stereocenters. The number of carbonyl (C=O) groups excluding carboxylic acids is 2. The molecule has 0 aliphatic rings. The summed E-state index contributed by atoms with van der Waals surface area (Å²) in [4.78, 5) is 29.1. The predicted molar refractivity (Wildman–Crippen MR) is 139 cm³/mol. The Labute approximate surface area is 210 Å². The Bertz CT molecular complexity index is 1340. The summed E-state index contributed by atoms with van der Waals surface area (Å²) >= 11 is 0. The third-order valence-electron chi connectivity index (χ3n) is 5.53. The number of hydrogen-bond acceptors (Lipinski definition) is 5. The molecule has 0 saturated carbocycles. The minimum absolute atomic E-state index is 0.0129. The maximum atomic E-state index is 13.2. The van der Waals surface area contributed by atoms with Crippen LogP contribution < -0.4 is 27.2 Å². The van der Waals surface area contributed by atoms with E-state index in [1.54, 1.807) is 36.4 Å². The third-order valence-corrected chi connectivity index (χ3v) is 7.00. The first-order valence-electron chi connectivity index (χ1n) is 11.4. The molecule has 0 fully saturated rings. The van der Waals surface area contributed by atoms with Gasteiger partial charge in [-0.1, -0.05) is 60.7 Å². The molecule has 190 valence electrons. The van der Waals surface area contributed by atoms with Crippen LogP contribution in [0.15, 0.2) is 82.7 Å². The Hall–Kier alpha value is -3.96. The van der Waals surface area contributed by atoms with Crippen LogP contribution in [0.25, 0.3) is 10.8 Å². The van der Waals surface area contributed by atoms with Gasteiger partial charge < -0.3 is 22.5 Å². The van der Waals surface area contributed by atoms with Gasteiger partial charge in [0, 0.05) is 13.0 Å². The average molecular weight is 511 g/mol. The van der Waals surface area contributed by atoms with Crippen molar-refractivity contribution >= 4 is 38.6 Å². The Kier molecular flexibility index (Phi) is 8.98. The lowest BCUT2D eigenvalue weighted by Gasteiger charge is -2.22. The molecule has 8 N–H and O–H groups in total. The highest BCUT2D eigenvalue weighted by molar-refractivity contribution is 7.89. The lowest BCUT2D eigenvalue weighted by Crippen LogP contribution is -2.53. The zero-order valence-corrected chi connectivity index (χ0v) is 20.4. The van der Waals surface area contributed by atoms with Gasteiger partial charge in [-0.05, 0) is 41.3 Å². The molecule has 0 spiro atoms. The molecular formula is C25H30N6O4S. The molecule has 0 radical (unpaired) electrons.